The highest BCUT2D eigenvalue weighted by Crippen LogP contribution is 2.41. The molecule has 0 spiro atoms. The van der Waals surface area contributed by atoms with Crippen molar-refractivity contribution in [1.82, 2.24) is 0 Å². The van der Waals surface area contributed by atoms with Crippen LogP contribution in [0.3, 0.4) is 0 Å². The minimum Gasteiger partial charge on any atom is -0.234 e. The normalized spacial score (nSPS) is 23.3. The number of benzene rings is 1. The van der Waals surface area contributed by atoms with E-state index in [0.29, 0.717) is 0 Å². The van der Waals surface area contributed by atoms with Crippen molar-refractivity contribution in [3.05, 3.63) is 34.4 Å². The first-order chi connectivity index (χ1) is 11.0. The van der Waals surface area contributed by atoms with Gasteiger partial charge in [-0.15, -0.1) is 0 Å². The third-order valence-electron chi connectivity index (χ3n) is 3.93. The van der Waals surface area contributed by atoms with E-state index >= 15 is 0 Å². The summed E-state index contributed by atoms with van der Waals surface area (Å²) in [6.45, 7) is 5.09. The van der Waals surface area contributed by atoms with E-state index in [0.717, 1.165) is 12.1 Å². The fourth-order valence-electron chi connectivity index (χ4n) is 2.38. The number of alkyl halides is 2. The van der Waals surface area contributed by atoms with Crippen molar-refractivity contribution >= 4 is 28.3 Å². The van der Waals surface area contributed by atoms with Gasteiger partial charge in [-0.05, 0) is 45.7 Å². The lowest BCUT2D eigenvalue weighted by Gasteiger charge is -2.36. The summed E-state index contributed by atoms with van der Waals surface area (Å²) >= 11 is 5.60. The van der Waals surface area contributed by atoms with Crippen LogP contribution in [0, 0.1) is 23.5 Å². The molecule has 2 rings (SSSR count). The molecule has 2 nitrogen and oxygen atoms in total. The molecule has 0 amide bonds. The molecule has 1 fully saturated rings. The zero-order valence-electron chi connectivity index (χ0n) is 13.5. The Morgan fingerprint density at radius 2 is 1.88 bits per heavy atom. The standard InChI is InChI=1S/C16H18ClF4NOS/c1-16(2,3)24(23)22-14(8-6-9(7-8)15(20)21)10-4-5-11(18)12(17)13(10)19/h4-5,8-9,15H,6-7H2,1-3H3/b22-14+. The Labute approximate surface area is 145 Å². The second-order valence-electron chi connectivity index (χ2n) is 6.82. The van der Waals surface area contributed by atoms with E-state index in [1.807, 2.05) is 0 Å². The van der Waals surface area contributed by atoms with E-state index in [1.54, 1.807) is 20.8 Å². The van der Waals surface area contributed by atoms with Crippen LogP contribution < -0.4 is 0 Å². The molecule has 0 saturated heterocycles. The van der Waals surface area contributed by atoms with Crippen LogP contribution in [0.2, 0.25) is 5.02 Å². The van der Waals surface area contributed by atoms with Crippen LogP contribution in [0.25, 0.3) is 0 Å². The predicted octanol–water partition coefficient (Wildman–Crippen LogP) is 5.16. The highest BCUT2D eigenvalue weighted by Gasteiger charge is 2.40. The van der Waals surface area contributed by atoms with E-state index in [1.165, 1.54) is 0 Å². The zero-order valence-corrected chi connectivity index (χ0v) is 15.0. The molecule has 1 unspecified atom stereocenters. The van der Waals surface area contributed by atoms with Gasteiger partial charge in [0.05, 0.1) is 10.5 Å². The van der Waals surface area contributed by atoms with Gasteiger partial charge in [0.25, 0.3) is 0 Å². The molecule has 0 heterocycles. The maximum absolute atomic E-state index is 14.3. The van der Waals surface area contributed by atoms with Crippen LogP contribution >= 0.6 is 11.6 Å². The Balaban J connectivity index is 2.43. The number of nitrogens with zero attached hydrogens (tertiary/aromatic N) is 1. The summed E-state index contributed by atoms with van der Waals surface area (Å²) in [6.07, 6.45) is -2.23. The fourth-order valence-corrected chi connectivity index (χ4v) is 3.25. The summed E-state index contributed by atoms with van der Waals surface area (Å²) in [5.41, 5.74) is 0.0243. The summed E-state index contributed by atoms with van der Waals surface area (Å²) < 4.78 is 68.9. The summed E-state index contributed by atoms with van der Waals surface area (Å²) in [6, 6.07) is 2.14. The molecule has 1 aliphatic carbocycles. The van der Waals surface area contributed by atoms with E-state index in [-0.39, 0.29) is 24.1 Å². The molecule has 8 heteroatoms. The highest BCUT2D eigenvalue weighted by molar-refractivity contribution is 7.85. The van der Waals surface area contributed by atoms with Gasteiger partial charge in [-0.3, -0.25) is 0 Å². The van der Waals surface area contributed by atoms with Crippen LogP contribution in [-0.2, 0) is 11.0 Å². The van der Waals surface area contributed by atoms with E-state index < -0.39 is 50.7 Å². The van der Waals surface area contributed by atoms with Crippen molar-refractivity contribution < 1.29 is 21.8 Å². The summed E-state index contributed by atoms with van der Waals surface area (Å²) in [5.74, 6) is -3.18. The Morgan fingerprint density at radius 3 is 2.38 bits per heavy atom. The highest BCUT2D eigenvalue weighted by atomic mass is 35.5. The number of hydrogen-bond acceptors (Lipinski definition) is 1. The molecule has 1 aromatic carbocycles. The molecular weight excluding hydrogens is 366 g/mol. The van der Waals surface area contributed by atoms with Crippen molar-refractivity contribution in [3.8, 4) is 0 Å². The van der Waals surface area contributed by atoms with Gasteiger partial charge in [0.1, 0.15) is 21.8 Å². The Morgan fingerprint density at radius 1 is 1.29 bits per heavy atom. The molecule has 24 heavy (non-hydrogen) atoms. The largest absolute Gasteiger partial charge is 0.241 e. The van der Waals surface area contributed by atoms with Crippen molar-refractivity contribution in [2.24, 2.45) is 16.2 Å². The first-order valence-corrected chi connectivity index (χ1v) is 8.93. The molecular formula is C16H18ClF4NOS. The Kier molecular flexibility index (Phi) is 5.75. The lowest BCUT2D eigenvalue weighted by atomic mass is 9.71. The molecule has 0 N–H and O–H groups in total. The van der Waals surface area contributed by atoms with Crippen molar-refractivity contribution in [1.29, 1.82) is 0 Å². The molecule has 134 valence electrons. The third kappa shape index (κ3) is 3.99. The number of rotatable bonds is 4. The quantitative estimate of drug-likeness (QED) is 0.401. The lowest BCUT2D eigenvalue weighted by molar-refractivity contribution is 0.0199. The van der Waals surface area contributed by atoms with Crippen molar-refractivity contribution in [2.75, 3.05) is 0 Å². The topological polar surface area (TPSA) is 29.4 Å². The monoisotopic (exact) mass is 383 g/mol. The van der Waals surface area contributed by atoms with Crippen molar-refractivity contribution in [3.63, 3.8) is 0 Å². The van der Waals surface area contributed by atoms with Crippen LogP contribution in [0.4, 0.5) is 17.6 Å². The minimum atomic E-state index is -2.46. The van der Waals surface area contributed by atoms with Gasteiger partial charge >= 0.3 is 0 Å². The molecule has 1 atom stereocenters. The second kappa shape index (κ2) is 7.12. The average Bonchev–Trinajstić information content (AvgIpc) is 2.41. The van der Waals surface area contributed by atoms with Crippen LogP contribution in [-0.4, -0.2) is 21.1 Å². The lowest BCUT2D eigenvalue weighted by Crippen LogP contribution is -2.36. The Bertz CT molecular complexity index is 681. The van der Waals surface area contributed by atoms with Gasteiger partial charge in [-0.1, -0.05) is 11.6 Å². The number of hydrogen-bond donors (Lipinski definition) is 0. The molecule has 1 aromatic rings. The first kappa shape index (κ1) is 19.4. The van der Waals surface area contributed by atoms with Gasteiger partial charge in [-0.25, -0.2) is 21.8 Å². The third-order valence-corrected chi connectivity index (χ3v) is 5.69. The van der Waals surface area contributed by atoms with E-state index in [9.17, 15) is 21.8 Å². The molecule has 1 aliphatic rings. The van der Waals surface area contributed by atoms with Gasteiger partial charge in [-0.2, -0.15) is 4.40 Å². The van der Waals surface area contributed by atoms with Gasteiger partial charge < -0.3 is 0 Å². The van der Waals surface area contributed by atoms with Crippen LogP contribution in [0.5, 0.6) is 0 Å². The maximum atomic E-state index is 14.3. The molecule has 0 bridgehead atoms. The second-order valence-corrected chi connectivity index (χ2v) is 9.11. The number of halogens is 5. The van der Waals surface area contributed by atoms with Gasteiger partial charge in [0, 0.05) is 17.4 Å². The Hall–Kier alpha value is -0.950. The van der Waals surface area contributed by atoms with E-state index in [4.69, 9.17) is 11.6 Å². The van der Waals surface area contributed by atoms with Crippen molar-refractivity contribution in [2.45, 2.75) is 44.8 Å². The molecule has 1 saturated carbocycles. The minimum absolute atomic E-state index is 0.0864. The fraction of sp³-hybridized carbons (Fsp3) is 0.562. The zero-order chi connectivity index (χ0) is 18.2. The average molecular weight is 384 g/mol. The SMILES string of the molecule is CC(C)(C)S(=O)/N=C(/c1ccc(F)c(Cl)c1F)C1CC(C(F)F)C1. The molecule has 0 aromatic heterocycles. The van der Waals surface area contributed by atoms with Crippen LogP contribution in [0.1, 0.15) is 39.2 Å². The van der Waals surface area contributed by atoms with Crippen LogP contribution in [0.15, 0.2) is 16.5 Å². The summed E-state index contributed by atoms with van der Waals surface area (Å²) in [4.78, 5) is 0. The smallest absolute Gasteiger partial charge is 0.234 e. The molecule has 0 radical (unpaired) electrons. The van der Waals surface area contributed by atoms with Gasteiger partial charge in [0.15, 0.2) is 5.82 Å². The van der Waals surface area contributed by atoms with Gasteiger partial charge in [0.2, 0.25) is 6.43 Å². The predicted molar refractivity (Wildman–Crippen MR) is 88.0 cm³/mol. The summed E-state index contributed by atoms with van der Waals surface area (Å²) in [7, 11) is -1.70. The summed E-state index contributed by atoms with van der Waals surface area (Å²) in [5, 5.41) is -0.688. The first-order valence-electron chi connectivity index (χ1n) is 7.45. The van der Waals surface area contributed by atoms with E-state index in [2.05, 4.69) is 4.40 Å². The maximum Gasteiger partial charge on any atom is 0.241 e. The molecule has 0 aliphatic heterocycles.